The largest absolute Gasteiger partial charge is 0.485 e. The summed E-state index contributed by atoms with van der Waals surface area (Å²) >= 11 is 1.40. The molecule has 0 unspecified atom stereocenters. The van der Waals surface area contributed by atoms with Crippen molar-refractivity contribution < 1.29 is 9.53 Å². The van der Waals surface area contributed by atoms with E-state index in [1.807, 2.05) is 41.8 Å². The summed E-state index contributed by atoms with van der Waals surface area (Å²) in [6, 6.07) is 14.1. The first-order chi connectivity index (χ1) is 12.6. The van der Waals surface area contributed by atoms with Crippen LogP contribution in [-0.2, 0) is 17.9 Å². The fraction of sp³-hybridized carbons (Fsp3) is 0.316. The first kappa shape index (κ1) is 18.3. The van der Waals surface area contributed by atoms with Crippen LogP contribution in [0.4, 0.5) is 0 Å². The van der Waals surface area contributed by atoms with Crippen LogP contribution in [0.2, 0.25) is 0 Å². The van der Waals surface area contributed by atoms with E-state index >= 15 is 0 Å². The molecule has 6 nitrogen and oxygen atoms in total. The van der Waals surface area contributed by atoms with Crippen LogP contribution in [0.3, 0.4) is 0 Å². The molecule has 1 heterocycles. The number of ether oxygens (including phenoxy) is 1. The molecule has 3 aromatic rings. The van der Waals surface area contributed by atoms with Crippen molar-refractivity contribution in [1.82, 2.24) is 19.7 Å². The van der Waals surface area contributed by atoms with E-state index in [1.165, 1.54) is 11.8 Å². The molecule has 136 valence electrons. The van der Waals surface area contributed by atoms with Gasteiger partial charge in [0, 0.05) is 26.0 Å². The summed E-state index contributed by atoms with van der Waals surface area (Å²) in [5.41, 5.74) is 0. The highest BCUT2D eigenvalue weighted by Gasteiger charge is 2.14. The first-order valence-corrected chi connectivity index (χ1v) is 9.44. The molecule has 0 atom stereocenters. The van der Waals surface area contributed by atoms with Gasteiger partial charge in [-0.25, -0.2) is 0 Å². The van der Waals surface area contributed by atoms with Gasteiger partial charge >= 0.3 is 0 Å². The lowest BCUT2D eigenvalue weighted by Crippen LogP contribution is -2.23. The van der Waals surface area contributed by atoms with Crippen molar-refractivity contribution >= 4 is 28.4 Å². The first-order valence-electron chi connectivity index (χ1n) is 8.45. The zero-order valence-corrected chi connectivity index (χ0v) is 16.0. The van der Waals surface area contributed by atoms with Gasteiger partial charge in [0.05, 0.1) is 5.75 Å². The molecule has 1 aromatic heterocycles. The summed E-state index contributed by atoms with van der Waals surface area (Å²) in [6.45, 7) is 3.08. The number of carbonyl (C=O) groups excluding carboxylic acids is 1. The summed E-state index contributed by atoms with van der Waals surface area (Å²) in [7, 11) is 3.49. The number of benzene rings is 2. The lowest BCUT2D eigenvalue weighted by atomic mass is 10.1. The van der Waals surface area contributed by atoms with Crippen LogP contribution in [0.5, 0.6) is 5.75 Å². The van der Waals surface area contributed by atoms with E-state index < -0.39 is 0 Å². The van der Waals surface area contributed by atoms with Crippen LogP contribution in [-0.4, -0.2) is 45.4 Å². The number of carbonyl (C=O) groups is 1. The third-order valence-corrected chi connectivity index (χ3v) is 4.99. The topological polar surface area (TPSA) is 60.2 Å². The Morgan fingerprint density at radius 3 is 2.69 bits per heavy atom. The minimum atomic E-state index is 0.0502. The van der Waals surface area contributed by atoms with Gasteiger partial charge in [0.1, 0.15) is 12.4 Å². The third kappa shape index (κ3) is 3.99. The van der Waals surface area contributed by atoms with E-state index in [-0.39, 0.29) is 5.91 Å². The molecule has 0 N–H and O–H groups in total. The Morgan fingerprint density at radius 2 is 1.92 bits per heavy atom. The SMILES string of the molecule is CCn1c(COc2cccc3ccccc23)nnc1SCC(=O)N(C)C. The lowest BCUT2D eigenvalue weighted by molar-refractivity contribution is -0.125. The maximum Gasteiger partial charge on any atom is 0.232 e. The Bertz CT molecular complexity index is 902. The van der Waals surface area contributed by atoms with Crippen molar-refractivity contribution in [2.45, 2.75) is 25.2 Å². The number of aromatic nitrogens is 3. The van der Waals surface area contributed by atoms with E-state index in [0.29, 0.717) is 12.4 Å². The maximum atomic E-state index is 11.8. The number of amides is 1. The molecule has 0 aliphatic rings. The van der Waals surface area contributed by atoms with Gasteiger partial charge in [-0.3, -0.25) is 4.79 Å². The summed E-state index contributed by atoms with van der Waals surface area (Å²) in [6.07, 6.45) is 0. The second-order valence-electron chi connectivity index (χ2n) is 5.99. The van der Waals surface area contributed by atoms with E-state index in [4.69, 9.17) is 4.74 Å². The molecule has 0 spiro atoms. The van der Waals surface area contributed by atoms with Crippen molar-refractivity contribution in [3.8, 4) is 5.75 Å². The van der Waals surface area contributed by atoms with Crippen LogP contribution in [0.25, 0.3) is 10.8 Å². The maximum absolute atomic E-state index is 11.8. The standard InChI is InChI=1S/C19H22N4O2S/c1-4-23-17(20-21-19(23)26-13-18(24)22(2)3)12-25-16-11-7-9-14-8-5-6-10-15(14)16/h5-11H,4,12-13H2,1-3H3. The minimum Gasteiger partial charge on any atom is -0.485 e. The molecule has 2 aromatic carbocycles. The monoisotopic (exact) mass is 370 g/mol. The third-order valence-electron chi connectivity index (χ3n) is 4.04. The van der Waals surface area contributed by atoms with Crippen LogP contribution >= 0.6 is 11.8 Å². The number of fused-ring (bicyclic) bond motifs is 1. The van der Waals surface area contributed by atoms with Crippen LogP contribution < -0.4 is 4.74 Å². The van der Waals surface area contributed by atoms with Gasteiger partial charge in [0.25, 0.3) is 0 Å². The van der Waals surface area contributed by atoms with Gasteiger partial charge in [-0.05, 0) is 18.4 Å². The van der Waals surface area contributed by atoms with Crippen LogP contribution in [0.1, 0.15) is 12.7 Å². The van der Waals surface area contributed by atoms with Crippen molar-refractivity contribution in [2.75, 3.05) is 19.8 Å². The highest BCUT2D eigenvalue weighted by molar-refractivity contribution is 7.99. The molecule has 0 aliphatic heterocycles. The molecule has 0 saturated carbocycles. The number of thioether (sulfide) groups is 1. The van der Waals surface area contributed by atoms with Crippen molar-refractivity contribution in [1.29, 1.82) is 0 Å². The molecule has 0 radical (unpaired) electrons. The molecular formula is C19H22N4O2S. The Balaban J connectivity index is 1.73. The van der Waals surface area contributed by atoms with Crippen molar-refractivity contribution in [2.24, 2.45) is 0 Å². The predicted octanol–water partition coefficient (Wildman–Crippen LogP) is 3.21. The Hall–Kier alpha value is -2.54. The van der Waals surface area contributed by atoms with E-state index in [9.17, 15) is 4.79 Å². The zero-order valence-electron chi connectivity index (χ0n) is 15.2. The highest BCUT2D eigenvalue weighted by atomic mass is 32.2. The van der Waals surface area contributed by atoms with Crippen molar-refractivity contribution in [3.63, 3.8) is 0 Å². The fourth-order valence-corrected chi connectivity index (χ4v) is 3.57. The highest BCUT2D eigenvalue weighted by Crippen LogP contribution is 2.26. The quantitative estimate of drug-likeness (QED) is 0.598. The molecule has 0 aliphatic carbocycles. The Morgan fingerprint density at radius 1 is 1.15 bits per heavy atom. The number of hydrogen-bond acceptors (Lipinski definition) is 5. The van der Waals surface area contributed by atoms with Gasteiger partial charge in [-0.1, -0.05) is 48.2 Å². The van der Waals surface area contributed by atoms with E-state index in [0.717, 1.165) is 34.0 Å². The summed E-state index contributed by atoms with van der Waals surface area (Å²) < 4.78 is 8.00. The molecule has 0 bridgehead atoms. The van der Waals surface area contributed by atoms with Gasteiger partial charge in [-0.2, -0.15) is 0 Å². The molecule has 26 heavy (non-hydrogen) atoms. The van der Waals surface area contributed by atoms with Gasteiger partial charge < -0.3 is 14.2 Å². The predicted molar refractivity (Wildman–Crippen MR) is 103 cm³/mol. The molecule has 7 heteroatoms. The molecule has 3 rings (SSSR count). The van der Waals surface area contributed by atoms with Crippen molar-refractivity contribution in [3.05, 3.63) is 48.3 Å². The van der Waals surface area contributed by atoms with Gasteiger partial charge in [-0.15, -0.1) is 10.2 Å². The zero-order chi connectivity index (χ0) is 18.5. The van der Waals surface area contributed by atoms with Crippen LogP contribution in [0.15, 0.2) is 47.6 Å². The number of nitrogens with zero attached hydrogens (tertiary/aromatic N) is 4. The number of rotatable bonds is 7. The van der Waals surface area contributed by atoms with Crippen LogP contribution in [0, 0.1) is 0 Å². The normalized spacial score (nSPS) is 10.9. The van der Waals surface area contributed by atoms with Gasteiger partial charge in [0.15, 0.2) is 11.0 Å². The molecule has 1 amide bonds. The molecule has 0 saturated heterocycles. The van der Waals surface area contributed by atoms with Gasteiger partial charge in [0.2, 0.25) is 5.91 Å². The number of hydrogen-bond donors (Lipinski definition) is 0. The fourth-order valence-electron chi connectivity index (χ4n) is 2.57. The van der Waals surface area contributed by atoms with E-state index in [2.05, 4.69) is 22.3 Å². The minimum absolute atomic E-state index is 0.0502. The van der Waals surface area contributed by atoms with E-state index in [1.54, 1.807) is 19.0 Å². The summed E-state index contributed by atoms with van der Waals surface area (Å²) in [5, 5.41) is 11.4. The Kier molecular flexibility index (Phi) is 5.78. The smallest absolute Gasteiger partial charge is 0.232 e. The second kappa shape index (κ2) is 8.23. The molecule has 0 fully saturated rings. The lowest BCUT2D eigenvalue weighted by Gasteiger charge is -2.11. The summed E-state index contributed by atoms with van der Waals surface area (Å²) in [4.78, 5) is 13.4. The second-order valence-corrected chi connectivity index (χ2v) is 6.93. The molecular weight excluding hydrogens is 348 g/mol. The average molecular weight is 370 g/mol. The average Bonchev–Trinajstić information content (AvgIpc) is 3.06. The summed E-state index contributed by atoms with van der Waals surface area (Å²) in [5.74, 6) is 1.97. The Labute approximate surface area is 157 Å².